The van der Waals surface area contributed by atoms with Crippen molar-refractivity contribution in [2.24, 2.45) is 11.8 Å². The van der Waals surface area contributed by atoms with E-state index in [0.717, 1.165) is 38.9 Å². The quantitative estimate of drug-likeness (QED) is 0.529. The SMILES string of the molecule is C=CC(=O)N(C)C1CCC(C2OCC(CCCCC)CO2)CC1. The number of hydrogen-bond acceptors (Lipinski definition) is 3. The molecule has 0 aromatic carbocycles. The van der Waals surface area contributed by atoms with Gasteiger partial charge in [0.25, 0.3) is 0 Å². The third kappa shape index (κ3) is 5.32. The van der Waals surface area contributed by atoms with Gasteiger partial charge in [0.2, 0.25) is 5.91 Å². The van der Waals surface area contributed by atoms with Crippen LogP contribution < -0.4 is 0 Å². The van der Waals surface area contributed by atoms with Crippen molar-refractivity contribution in [1.29, 1.82) is 0 Å². The van der Waals surface area contributed by atoms with Gasteiger partial charge in [-0.3, -0.25) is 4.79 Å². The highest BCUT2D eigenvalue weighted by Crippen LogP contribution is 2.33. The van der Waals surface area contributed by atoms with Crippen molar-refractivity contribution in [2.45, 2.75) is 70.6 Å². The van der Waals surface area contributed by atoms with E-state index in [0.29, 0.717) is 17.9 Å². The molecule has 0 atom stereocenters. The zero-order chi connectivity index (χ0) is 16.7. The standard InChI is InChI=1S/C19H33NO3/c1-4-6-7-8-15-13-22-19(23-14-15)16-9-11-17(12-10-16)20(3)18(21)5-2/h5,15-17,19H,2,4,6-14H2,1,3H3. The van der Waals surface area contributed by atoms with Crippen molar-refractivity contribution < 1.29 is 14.3 Å². The molecule has 2 rings (SSSR count). The Morgan fingerprint density at radius 3 is 2.39 bits per heavy atom. The highest BCUT2D eigenvalue weighted by molar-refractivity contribution is 5.87. The predicted molar refractivity (Wildman–Crippen MR) is 92.0 cm³/mol. The maximum Gasteiger partial charge on any atom is 0.245 e. The van der Waals surface area contributed by atoms with Crippen molar-refractivity contribution in [3.8, 4) is 0 Å². The van der Waals surface area contributed by atoms with Crippen molar-refractivity contribution in [1.82, 2.24) is 4.90 Å². The van der Waals surface area contributed by atoms with E-state index in [1.54, 1.807) is 0 Å². The molecule has 1 aliphatic carbocycles. The second kappa shape index (κ2) is 9.43. The van der Waals surface area contributed by atoms with Crippen LogP contribution in [0.5, 0.6) is 0 Å². The third-order valence-corrected chi connectivity index (χ3v) is 5.40. The second-order valence-electron chi connectivity index (χ2n) is 7.12. The van der Waals surface area contributed by atoms with Gasteiger partial charge < -0.3 is 14.4 Å². The van der Waals surface area contributed by atoms with Gasteiger partial charge in [0.05, 0.1) is 13.2 Å². The Labute approximate surface area is 141 Å². The van der Waals surface area contributed by atoms with E-state index >= 15 is 0 Å². The molecular weight excluding hydrogens is 290 g/mol. The molecule has 1 saturated heterocycles. The van der Waals surface area contributed by atoms with Crippen molar-refractivity contribution >= 4 is 5.91 Å². The van der Waals surface area contributed by atoms with Gasteiger partial charge in [0.1, 0.15) is 0 Å². The molecule has 0 aromatic rings. The zero-order valence-electron chi connectivity index (χ0n) is 14.8. The molecule has 0 spiro atoms. The summed E-state index contributed by atoms with van der Waals surface area (Å²) in [6, 6.07) is 0.335. The van der Waals surface area contributed by atoms with E-state index in [2.05, 4.69) is 13.5 Å². The van der Waals surface area contributed by atoms with E-state index in [4.69, 9.17) is 9.47 Å². The van der Waals surface area contributed by atoms with Crippen molar-refractivity contribution in [3.63, 3.8) is 0 Å². The minimum Gasteiger partial charge on any atom is -0.352 e. The number of hydrogen-bond donors (Lipinski definition) is 0. The molecular formula is C19H33NO3. The molecule has 1 saturated carbocycles. The van der Waals surface area contributed by atoms with Crippen LogP contribution in [0, 0.1) is 11.8 Å². The van der Waals surface area contributed by atoms with Crippen LogP contribution in [0.1, 0.15) is 58.3 Å². The molecule has 0 bridgehead atoms. The topological polar surface area (TPSA) is 38.8 Å². The number of amides is 1. The van der Waals surface area contributed by atoms with Crippen LogP contribution in [0.4, 0.5) is 0 Å². The number of unbranched alkanes of at least 4 members (excludes halogenated alkanes) is 2. The van der Waals surface area contributed by atoms with Crippen LogP contribution in [0.2, 0.25) is 0 Å². The molecule has 1 aliphatic heterocycles. The lowest BCUT2D eigenvalue weighted by molar-refractivity contribution is -0.230. The molecule has 0 radical (unpaired) electrons. The summed E-state index contributed by atoms with van der Waals surface area (Å²) in [4.78, 5) is 13.5. The fraction of sp³-hybridized carbons (Fsp3) is 0.842. The third-order valence-electron chi connectivity index (χ3n) is 5.40. The van der Waals surface area contributed by atoms with E-state index in [9.17, 15) is 4.79 Å². The largest absolute Gasteiger partial charge is 0.352 e. The van der Waals surface area contributed by atoms with E-state index in [1.807, 2.05) is 11.9 Å². The van der Waals surface area contributed by atoms with Gasteiger partial charge >= 0.3 is 0 Å². The van der Waals surface area contributed by atoms with Crippen LogP contribution in [-0.4, -0.2) is 43.4 Å². The molecule has 0 aromatic heterocycles. The normalized spacial score (nSPS) is 31.6. The molecule has 2 aliphatic rings. The van der Waals surface area contributed by atoms with Gasteiger partial charge in [0.15, 0.2) is 6.29 Å². The summed E-state index contributed by atoms with van der Waals surface area (Å²) in [5.74, 6) is 1.08. The fourth-order valence-electron chi connectivity index (χ4n) is 3.76. The molecule has 4 nitrogen and oxygen atoms in total. The first kappa shape index (κ1) is 18.5. The summed E-state index contributed by atoms with van der Waals surface area (Å²) in [5, 5.41) is 0. The Morgan fingerprint density at radius 2 is 1.83 bits per heavy atom. The Hall–Kier alpha value is -0.870. The molecule has 1 heterocycles. The smallest absolute Gasteiger partial charge is 0.245 e. The van der Waals surface area contributed by atoms with Crippen LogP contribution in [0.15, 0.2) is 12.7 Å². The molecule has 23 heavy (non-hydrogen) atoms. The number of nitrogens with zero attached hydrogens (tertiary/aromatic N) is 1. The summed E-state index contributed by atoms with van der Waals surface area (Å²) in [6.07, 6.45) is 10.7. The van der Waals surface area contributed by atoms with Crippen LogP contribution in [-0.2, 0) is 14.3 Å². The van der Waals surface area contributed by atoms with Crippen molar-refractivity contribution in [2.75, 3.05) is 20.3 Å². The predicted octanol–water partition coefficient (Wildman–Crippen LogP) is 3.76. The number of carbonyl (C=O) groups is 1. The van der Waals surface area contributed by atoms with E-state index < -0.39 is 0 Å². The monoisotopic (exact) mass is 323 g/mol. The first-order valence-electron chi connectivity index (χ1n) is 9.28. The van der Waals surface area contributed by atoms with Gasteiger partial charge in [-0.2, -0.15) is 0 Å². The van der Waals surface area contributed by atoms with Crippen LogP contribution >= 0.6 is 0 Å². The molecule has 0 unspecified atom stereocenters. The maximum atomic E-state index is 11.7. The summed E-state index contributed by atoms with van der Waals surface area (Å²) < 4.78 is 12.0. The first-order valence-corrected chi connectivity index (χ1v) is 9.28. The molecule has 132 valence electrons. The summed E-state index contributed by atoms with van der Waals surface area (Å²) in [6.45, 7) is 7.50. The van der Waals surface area contributed by atoms with Gasteiger partial charge in [-0.05, 0) is 38.2 Å². The summed E-state index contributed by atoms with van der Waals surface area (Å²) in [7, 11) is 1.88. The van der Waals surface area contributed by atoms with E-state index in [1.165, 1.54) is 31.8 Å². The maximum absolute atomic E-state index is 11.7. The van der Waals surface area contributed by atoms with Gasteiger partial charge in [0, 0.05) is 24.9 Å². The molecule has 2 fully saturated rings. The summed E-state index contributed by atoms with van der Waals surface area (Å²) >= 11 is 0. The average molecular weight is 323 g/mol. The number of carbonyl (C=O) groups excluding carboxylic acids is 1. The highest BCUT2D eigenvalue weighted by atomic mass is 16.7. The van der Waals surface area contributed by atoms with Gasteiger partial charge in [-0.1, -0.05) is 32.8 Å². The average Bonchev–Trinajstić information content (AvgIpc) is 2.61. The number of ether oxygens (including phenoxy) is 2. The number of likely N-dealkylation sites (N-methyl/N-ethyl adjacent to an activating group) is 1. The second-order valence-corrected chi connectivity index (χ2v) is 7.12. The van der Waals surface area contributed by atoms with Crippen LogP contribution in [0.3, 0.4) is 0 Å². The minimum absolute atomic E-state index is 0.0218. The zero-order valence-corrected chi connectivity index (χ0v) is 14.8. The minimum atomic E-state index is -0.0289. The highest BCUT2D eigenvalue weighted by Gasteiger charge is 2.33. The lowest BCUT2D eigenvalue weighted by Gasteiger charge is -2.39. The molecule has 4 heteroatoms. The first-order chi connectivity index (χ1) is 11.2. The lowest BCUT2D eigenvalue weighted by Crippen LogP contribution is -2.43. The Kier molecular flexibility index (Phi) is 7.57. The van der Waals surface area contributed by atoms with Gasteiger partial charge in [-0.15, -0.1) is 0 Å². The Balaban J connectivity index is 1.68. The Morgan fingerprint density at radius 1 is 1.17 bits per heavy atom. The van der Waals surface area contributed by atoms with E-state index in [-0.39, 0.29) is 12.2 Å². The molecule has 1 amide bonds. The van der Waals surface area contributed by atoms with Gasteiger partial charge in [-0.25, -0.2) is 0 Å². The molecule has 0 N–H and O–H groups in total. The summed E-state index contributed by atoms with van der Waals surface area (Å²) in [5.41, 5.74) is 0. The Bertz CT molecular complexity index is 369. The number of rotatable bonds is 7. The van der Waals surface area contributed by atoms with Crippen LogP contribution in [0.25, 0.3) is 0 Å². The fourth-order valence-corrected chi connectivity index (χ4v) is 3.76. The lowest BCUT2D eigenvalue weighted by atomic mass is 9.84. The van der Waals surface area contributed by atoms with Crippen molar-refractivity contribution in [3.05, 3.63) is 12.7 Å².